The minimum atomic E-state index is -0.332. The van der Waals surface area contributed by atoms with E-state index in [1.165, 1.54) is 5.56 Å². The van der Waals surface area contributed by atoms with Crippen LogP contribution in [0.1, 0.15) is 25.0 Å². The summed E-state index contributed by atoms with van der Waals surface area (Å²) in [4.78, 5) is 12.2. The van der Waals surface area contributed by atoms with Crippen LogP contribution in [0.25, 0.3) is 0 Å². The molecule has 112 valence electrons. The number of nitrogens with zero attached hydrogens (tertiary/aromatic N) is 2. The van der Waals surface area contributed by atoms with E-state index in [2.05, 4.69) is 22.7 Å². The maximum absolute atomic E-state index is 12.2. The van der Waals surface area contributed by atoms with Crippen molar-refractivity contribution in [2.75, 3.05) is 10.6 Å². The molecule has 1 amide bonds. The van der Waals surface area contributed by atoms with Gasteiger partial charge in [-0.15, -0.1) is 0 Å². The molecule has 1 aromatic heterocycles. The number of rotatable bonds is 5. The standard InChI is InChI=1S/C16H22N4O/c1-5-20-10-15(9-17-20)18-13(4)16(21)19-14-7-6-11(2)12(3)8-14/h6-10,13,18H,5H2,1-4H3,(H,19,21)/t13-/m0/s1. The summed E-state index contributed by atoms with van der Waals surface area (Å²) >= 11 is 0. The molecule has 1 aromatic carbocycles. The van der Waals surface area contributed by atoms with Crippen molar-refractivity contribution in [3.8, 4) is 0 Å². The molecular weight excluding hydrogens is 264 g/mol. The lowest BCUT2D eigenvalue weighted by Crippen LogP contribution is -2.31. The molecule has 1 heterocycles. The van der Waals surface area contributed by atoms with E-state index >= 15 is 0 Å². The molecule has 0 saturated heterocycles. The van der Waals surface area contributed by atoms with E-state index in [9.17, 15) is 4.79 Å². The highest BCUT2D eigenvalue weighted by atomic mass is 16.2. The number of carbonyl (C=O) groups is 1. The van der Waals surface area contributed by atoms with E-state index in [0.29, 0.717) is 0 Å². The minimum absolute atomic E-state index is 0.0671. The van der Waals surface area contributed by atoms with Gasteiger partial charge in [0.2, 0.25) is 5.91 Å². The lowest BCUT2D eigenvalue weighted by molar-refractivity contribution is -0.116. The van der Waals surface area contributed by atoms with Crippen molar-refractivity contribution < 1.29 is 4.79 Å². The van der Waals surface area contributed by atoms with Gasteiger partial charge in [0.05, 0.1) is 11.9 Å². The highest BCUT2D eigenvalue weighted by molar-refractivity contribution is 5.96. The Bertz CT molecular complexity index is 633. The molecule has 0 aliphatic rings. The summed E-state index contributed by atoms with van der Waals surface area (Å²) in [7, 11) is 0. The normalized spacial score (nSPS) is 12.0. The van der Waals surface area contributed by atoms with Gasteiger partial charge >= 0.3 is 0 Å². The number of carbonyl (C=O) groups excluding carboxylic acids is 1. The van der Waals surface area contributed by atoms with Gasteiger partial charge in [-0.3, -0.25) is 9.48 Å². The van der Waals surface area contributed by atoms with Gasteiger partial charge in [-0.2, -0.15) is 5.10 Å². The number of hydrogen-bond acceptors (Lipinski definition) is 3. The van der Waals surface area contributed by atoms with E-state index < -0.39 is 0 Å². The second kappa shape index (κ2) is 6.43. The summed E-state index contributed by atoms with van der Waals surface area (Å²) in [6.07, 6.45) is 3.61. The number of amides is 1. The molecule has 0 aliphatic carbocycles. The Labute approximate surface area is 125 Å². The van der Waals surface area contributed by atoms with Gasteiger partial charge in [-0.05, 0) is 51.0 Å². The zero-order chi connectivity index (χ0) is 15.4. The topological polar surface area (TPSA) is 59.0 Å². The molecule has 0 radical (unpaired) electrons. The van der Waals surface area contributed by atoms with E-state index in [0.717, 1.165) is 23.5 Å². The van der Waals surface area contributed by atoms with Crippen molar-refractivity contribution in [1.82, 2.24) is 9.78 Å². The lowest BCUT2D eigenvalue weighted by Gasteiger charge is -2.14. The number of anilines is 2. The van der Waals surface area contributed by atoms with Crippen molar-refractivity contribution >= 4 is 17.3 Å². The molecule has 2 rings (SSSR count). The fraction of sp³-hybridized carbons (Fsp3) is 0.375. The van der Waals surface area contributed by atoms with Crippen molar-refractivity contribution in [3.63, 3.8) is 0 Å². The van der Waals surface area contributed by atoms with Gasteiger partial charge in [0.25, 0.3) is 0 Å². The molecule has 1 atom stereocenters. The molecule has 5 nitrogen and oxygen atoms in total. The summed E-state index contributed by atoms with van der Waals surface area (Å²) in [5.41, 5.74) is 4.05. The Kier molecular flexibility index (Phi) is 4.62. The first-order chi connectivity index (χ1) is 9.99. The Morgan fingerprint density at radius 3 is 2.67 bits per heavy atom. The Morgan fingerprint density at radius 1 is 1.29 bits per heavy atom. The van der Waals surface area contributed by atoms with Crippen LogP contribution in [0.15, 0.2) is 30.6 Å². The number of hydrogen-bond donors (Lipinski definition) is 2. The van der Waals surface area contributed by atoms with Crippen LogP contribution in [-0.2, 0) is 11.3 Å². The van der Waals surface area contributed by atoms with Crippen LogP contribution >= 0.6 is 0 Å². The largest absolute Gasteiger partial charge is 0.371 e. The first kappa shape index (κ1) is 15.1. The highest BCUT2D eigenvalue weighted by Gasteiger charge is 2.13. The van der Waals surface area contributed by atoms with Gasteiger partial charge in [0, 0.05) is 18.4 Å². The molecule has 0 saturated carbocycles. The number of nitrogens with one attached hydrogen (secondary N) is 2. The van der Waals surface area contributed by atoms with Crippen LogP contribution in [0.5, 0.6) is 0 Å². The third-order valence-corrected chi connectivity index (χ3v) is 3.51. The Balaban J connectivity index is 1.97. The Morgan fingerprint density at radius 2 is 2.05 bits per heavy atom. The molecular formula is C16H22N4O. The van der Waals surface area contributed by atoms with Gasteiger partial charge in [-0.25, -0.2) is 0 Å². The van der Waals surface area contributed by atoms with Crippen LogP contribution in [0.4, 0.5) is 11.4 Å². The zero-order valence-electron chi connectivity index (χ0n) is 13.0. The first-order valence-corrected chi connectivity index (χ1v) is 7.16. The van der Waals surface area contributed by atoms with Gasteiger partial charge in [0.15, 0.2) is 0 Å². The molecule has 2 N–H and O–H groups in total. The van der Waals surface area contributed by atoms with Crippen molar-refractivity contribution in [1.29, 1.82) is 0 Å². The third kappa shape index (κ3) is 3.84. The lowest BCUT2D eigenvalue weighted by atomic mass is 10.1. The summed E-state index contributed by atoms with van der Waals surface area (Å²) in [5.74, 6) is -0.0671. The predicted octanol–water partition coefficient (Wildman–Crippen LogP) is 2.96. The maximum atomic E-state index is 12.2. The second-order valence-electron chi connectivity index (χ2n) is 5.24. The number of aromatic nitrogens is 2. The molecule has 5 heteroatoms. The summed E-state index contributed by atoms with van der Waals surface area (Å²) in [6.45, 7) is 8.75. The fourth-order valence-electron chi connectivity index (χ4n) is 2.00. The van der Waals surface area contributed by atoms with E-state index in [1.54, 1.807) is 6.20 Å². The highest BCUT2D eigenvalue weighted by Crippen LogP contribution is 2.15. The molecule has 0 fully saturated rings. The van der Waals surface area contributed by atoms with Crippen LogP contribution < -0.4 is 10.6 Å². The average Bonchev–Trinajstić information content (AvgIpc) is 2.90. The second-order valence-corrected chi connectivity index (χ2v) is 5.24. The molecule has 21 heavy (non-hydrogen) atoms. The summed E-state index contributed by atoms with van der Waals surface area (Å²) in [6, 6.07) is 5.58. The number of benzene rings is 1. The van der Waals surface area contributed by atoms with Gasteiger partial charge < -0.3 is 10.6 Å². The van der Waals surface area contributed by atoms with E-state index in [-0.39, 0.29) is 11.9 Å². The Hall–Kier alpha value is -2.30. The molecule has 0 bridgehead atoms. The van der Waals surface area contributed by atoms with Gasteiger partial charge in [0.1, 0.15) is 6.04 Å². The molecule has 0 spiro atoms. The quantitative estimate of drug-likeness (QED) is 0.888. The summed E-state index contributed by atoms with van der Waals surface area (Å²) in [5, 5.41) is 10.2. The zero-order valence-corrected chi connectivity index (χ0v) is 13.0. The van der Waals surface area contributed by atoms with Crippen molar-refractivity contribution in [3.05, 3.63) is 41.7 Å². The SMILES string of the molecule is CCn1cc(N[C@@H](C)C(=O)Nc2ccc(C)c(C)c2)cn1. The molecule has 0 unspecified atom stereocenters. The third-order valence-electron chi connectivity index (χ3n) is 3.51. The monoisotopic (exact) mass is 286 g/mol. The maximum Gasteiger partial charge on any atom is 0.246 e. The molecule has 0 aliphatic heterocycles. The fourth-order valence-corrected chi connectivity index (χ4v) is 2.00. The molecule has 2 aromatic rings. The van der Waals surface area contributed by atoms with E-state index in [4.69, 9.17) is 0 Å². The minimum Gasteiger partial charge on any atom is -0.371 e. The average molecular weight is 286 g/mol. The van der Waals surface area contributed by atoms with Crippen molar-refractivity contribution in [2.45, 2.75) is 40.3 Å². The van der Waals surface area contributed by atoms with Crippen molar-refractivity contribution in [2.24, 2.45) is 0 Å². The van der Waals surface area contributed by atoms with Crippen LogP contribution in [0.3, 0.4) is 0 Å². The van der Waals surface area contributed by atoms with Crippen LogP contribution in [0.2, 0.25) is 0 Å². The van der Waals surface area contributed by atoms with Gasteiger partial charge in [-0.1, -0.05) is 6.07 Å². The van der Waals surface area contributed by atoms with E-state index in [1.807, 2.05) is 49.8 Å². The van der Waals surface area contributed by atoms with Crippen LogP contribution in [0, 0.1) is 13.8 Å². The smallest absolute Gasteiger partial charge is 0.246 e. The van der Waals surface area contributed by atoms with Crippen LogP contribution in [-0.4, -0.2) is 21.7 Å². The predicted molar refractivity (Wildman–Crippen MR) is 85.5 cm³/mol. The number of aryl methyl sites for hydroxylation is 3. The summed E-state index contributed by atoms with van der Waals surface area (Å²) < 4.78 is 1.82. The first-order valence-electron chi connectivity index (χ1n) is 7.16.